The lowest BCUT2D eigenvalue weighted by Crippen LogP contribution is -2.21. The number of fused-ring (bicyclic) bond motifs is 2. The number of para-hydroxylation sites is 2. The normalized spacial score (nSPS) is 15.7. The molecule has 1 aliphatic rings. The molecule has 0 bridgehead atoms. The minimum Gasteiger partial charge on any atom is -0.459 e. The molecule has 0 saturated heterocycles. The number of hydrogen-bond acceptors (Lipinski definition) is 5. The zero-order valence-electron chi connectivity index (χ0n) is 19.3. The Hall–Kier alpha value is -3.41. The molecule has 170 valence electrons. The minimum atomic E-state index is -0.413. The summed E-state index contributed by atoms with van der Waals surface area (Å²) in [5, 5.41) is 0. The van der Waals surface area contributed by atoms with E-state index in [4.69, 9.17) is 20.4 Å². The molecule has 1 atom stereocenters. The lowest BCUT2D eigenvalue weighted by Gasteiger charge is -2.21. The number of anilines is 1. The third-order valence-corrected chi connectivity index (χ3v) is 6.86. The molecule has 0 unspecified atom stereocenters. The average molecular weight is 443 g/mol. The number of hydrogen-bond donors (Lipinski definition) is 1. The molecule has 5 rings (SSSR count). The van der Waals surface area contributed by atoms with Crippen LogP contribution in [0, 0.1) is 0 Å². The maximum absolute atomic E-state index is 13.3. The first-order chi connectivity index (χ1) is 16.1. The highest BCUT2D eigenvalue weighted by molar-refractivity contribution is 6.09. The van der Waals surface area contributed by atoms with Crippen molar-refractivity contribution >= 4 is 34.0 Å². The van der Waals surface area contributed by atoms with Gasteiger partial charge in [0.2, 0.25) is 0 Å². The van der Waals surface area contributed by atoms with Crippen LogP contribution in [0.4, 0.5) is 5.82 Å². The van der Waals surface area contributed by atoms with Gasteiger partial charge in [0.1, 0.15) is 23.0 Å². The number of aromatic nitrogens is 3. The Morgan fingerprint density at radius 1 is 1.06 bits per heavy atom. The van der Waals surface area contributed by atoms with Crippen molar-refractivity contribution in [3.63, 3.8) is 0 Å². The molecule has 0 radical (unpaired) electrons. The molecule has 6 nitrogen and oxygen atoms in total. The number of ether oxygens (including phenoxy) is 1. The Balaban J connectivity index is 1.66. The van der Waals surface area contributed by atoms with Crippen molar-refractivity contribution in [2.75, 3.05) is 5.73 Å². The first-order valence-electron chi connectivity index (χ1n) is 11.9. The predicted octanol–water partition coefficient (Wildman–Crippen LogP) is 6.16. The molecule has 0 aliphatic heterocycles. The van der Waals surface area contributed by atoms with Gasteiger partial charge in [0.15, 0.2) is 5.65 Å². The molecule has 1 fully saturated rings. The largest absolute Gasteiger partial charge is 0.459 e. The van der Waals surface area contributed by atoms with E-state index in [2.05, 4.69) is 26.0 Å². The van der Waals surface area contributed by atoms with Gasteiger partial charge in [-0.2, -0.15) is 0 Å². The minimum absolute atomic E-state index is 0.0627. The fourth-order valence-electron chi connectivity index (χ4n) is 4.71. The number of benzene rings is 2. The number of esters is 1. The third kappa shape index (κ3) is 3.94. The molecule has 1 saturated carbocycles. The summed E-state index contributed by atoms with van der Waals surface area (Å²) in [6, 6.07) is 15.9. The standard InChI is InChI=1S/C27H30N4O2/c1-3-17(2)18-13-15-19(16-14-18)31-25(28)23(27(32)33-20-9-5-4-6-10-20)24-26(31)30-22-12-8-7-11-21(22)29-24/h7-8,11-17,20H,3-6,9-10,28H2,1-2H3/t17-/m1/s1. The molecule has 2 heterocycles. The van der Waals surface area contributed by atoms with Crippen LogP contribution in [0.25, 0.3) is 27.9 Å². The maximum Gasteiger partial charge on any atom is 0.344 e. The molecular formula is C27H30N4O2. The zero-order valence-corrected chi connectivity index (χ0v) is 19.3. The number of nitrogen functional groups attached to an aromatic ring is 1. The lowest BCUT2D eigenvalue weighted by atomic mass is 9.98. The number of carbonyl (C=O) groups is 1. The van der Waals surface area contributed by atoms with Gasteiger partial charge in [0.25, 0.3) is 0 Å². The quantitative estimate of drug-likeness (QED) is 0.374. The van der Waals surface area contributed by atoms with Gasteiger partial charge in [-0.3, -0.25) is 4.57 Å². The van der Waals surface area contributed by atoms with E-state index < -0.39 is 5.97 Å². The van der Waals surface area contributed by atoms with E-state index in [9.17, 15) is 4.79 Å². The van der Waals surface area contributed by atoms with Crippen LogP contribution < -0.4 is 5.73 Å². The Morgan fingerprint density at radius 2 is 1.73 bits per heavy atom. The highest BCUT2D eigenvalue weighted by Crippen LogP contribution is 2.33. The SMILES string of the molecule is CC[C@@H](C)c1ccc(-n2c(N)c(C(=O)OC3CCCCC3)c3nc4ccccc4nc32)cc1. The van der Waals surface area contributed by atoms with Gasteiger partial charge < -0.3 is 10.5 Å². The molecule has 0 amide bonds. The predicted molar refractivity (Wildman–Crippen MR) is 132 cm³/mol. The van der Waals surface area contributed by atoms with Gasteiger partial charge in [0, 0.05) is 5.69 Å². The molecule has 4 aromatic rings. The summed E-state index contributed by atoms with van der Waals surface area (Å²) in [6.45, 7) is 4.40. The smallest absolute Gasteiger partial charge is 0.344 e. The van der Waals surface area contributed by atoms with Gasteiger partial charge in [-0.25, -0.2) is 14.8 Å². The fourth-order valence-corrected chi connectivity index (χ4v) is 4.71. The molecular weight excluding hydrogens is 412 g/mol. The Morgan fingerprint density at radius 3 is 2.39 bits per heavy atom. The first-order valence-corrected chi connectivity index (χ1v) is 11.9. The van der Waals surface area contributed by atoms with Gasteiger partial charge in [0.05, 0.1) is 11.0 Å². The van der Waals surface area contributed by atoms with E-state index in [1.54, 1.807) is 0 Å². The molecule has 1 aliphatic carbocycles. The Kier molecular flexibility index (Phi) is 5.75. The van der Waals surface area contributed by atoms with Gasteiger partial charge >= 0.3 is 5.97 Å². The summed E-state index contributed by atoms with van der Waals surface area (Å²) < 4.78 is 7.72. The van der Waals surface area contributed by atoms with Crippen LogP contribution in [0.15, 0.2) is 48.5 Å². The van der Waals surface area contributed by atoms with E-state index in [1.807, 2.05) is 41.0 Å². The second kappa shape index (κ2) is 8.85. The third-order valence-electron chi connectivity index (χ3n) is 6.86. The molecule has 0 spiro atoms. The highest BCUT2D eigenvalue weighted by atomic mass is 16.5. The number of carbonyl (C=O) groups excluding carboxylic acids is 1. The number of nitrogens with zero attached hydrogens (tertiary/aromatic N) is 3. The van der Waals surface area contributed by atoms with Gasteiger partial charge in [-0.15, -0.1) is 0 Å². The van der Waals surface area contributed by atoms with Crippen LogP contribution in [-0.4, -0.2) is 26.6 Å². The second-order valence-electron chi connectivity index (χ2n) is 9.05. The molecule has 6 heteroatoms. The summed E-state index contributed by atoms with van der Waals surface area (Å²) in [5.74, 6) is 0.379. The zero-order chi connectivity index (χ0) is 22.9. The highest BCUT2D eigenvalue weighted by Gasteiger charge is 2.28. The summed E-state index contributed by atoms with van der Waals surface area (Å²) in [6.07, 6.45) is 6.17. The second-order valence-corrected chi connectivity index (χ2v) is 9.05. The van der Waals surface area contributed by atoms with E-state index in [1.165, 1.54) is 12.0 Å². The number of nitrogens with two attached hydrogens (primary N) is 1. The summed E-state index contributed by atoms with van der Waals surface area (Å²) >= 11 is 0. The van der Waals surface area contributed by atoms with Crippen molar-refractivity contribution in [3.8, 4) is 5.69 Å². The van der Waals surface area contributed by atoms with E-state index in [0.717, 1.165) is 48.8 Å². The Bertz CT molecular complexity index is 1300. The van der Waals surface area contributed by atoms with Crippen molar-refractivity contribution < 1.29 is 9.53 Å². The fraction of sp³-hybridized carbons (Fsp3) is 0.370. The summed E-state index contributed by atoms with van der Waals surface area (Å²) in [5.41, 5.74) is 11.6. The monoisotopic (exact) mass is 442 g/mol. The van der Waals surface area contributed by atoms with Crippen LogP contribution in [-0.2, 0) is 4.74 Å². The molecule has 33 heavy (non-hydrogen) atoms. The topological polar surface area (TPSA) is 83.0 Å². The average Bonchev–Trinajstić information content (AvgIpc) is 3.13. The van der Waals surface area contributed by atoms with Crippen LogP contribution in [0.5, 0.6) is 0 Å². The summed E-state index contributed by atoms with van der Waals surface area (Å²) in [4.78, 5) is 23.0. The van der Waals surface area contributed by atoms with E-state index in [0.29, 0.717) is 28.5 Å². The van der Waals surface area contributed by atoms with E-state index >= 15 is 0 Å². The van der Waals surface area contributed by atoms with Crippen molar-refractivity contribution in [2.24, 2.45) is 0 Å². The van der Waals surface area contributed by atoms with Crippen molar-refractivity contribution in [2.45, 2.75) is 64.4 Å². The summed E-state index contributed by atoms with van der Waals surface area (Å²) in [7, 11) is 0. The van der Waals surface area contributed by atoms with Crippen LogP contribution >= 0.6 is 0 Å². The number of rotatable bonds is 5. The van der Waals surface area contributed by atoms with Crippen LogP contribution in [0.1, 0.15) is 74.2 Å². The van der Waals surface area contributed by atoms with Crippen LogP contribution in [0.2, 0.25) is 0 Å². The molecule has 2 aromatic heterocycles. The molecule has 2 N–H and O–H groups in total. The van der Waals surface area contributed by atoms with Gasteiger partial charge in [-0.05, 0) is 67.9 Å². The van der Waals surface area contributed by atoms with E-state index in [-0.39, 0.29) is 6.10 Å². The first kappa shape index (κ1) is 21.4. The van der Waals surface area contributed by atoms with Crippen molar-refractivity contribution in [3.05, 3.63) is 59.7 Å². The Labute approximate surface area is 193 Å². The maximum atomic E-state index is 13.3. The van der Waals surface area contributed by atoms with Crippen molar-refractivity contribution in [1.82, 2.24) is 14.5 Å². The van der Waals surface area contributed by atoms with Gasteiger partial charge in [-0.1, -0.05) is 44.5 Å². The van der Waals surface area contributed by atoms with Crippen molar-refractivity contribution in [1.29, 1.82) is 0 Å². The van der Waals surface area contributed by atoms with Crippen LogP contribution in [0.3, 0.4) is 0 Å². The lowest BCUT2D eigenvalue weighted by molar-refractivity contribution is 0.0214. The molecule has 2 aromatic carbocycles.